The fourth-order valence-electron chi connectivity index (χ4n) is 1.49. The molecule has 0 bridgehead atoms. The predicted octanol–water partition coefficient (Wildman–Crippen LogP) is 3.14. The highest BCUT2D eigenvalue weighted by Gasteiger charge is 2.25. The molecule has 17 heavy (non-hydrogen) atoms. The molecule has 2 atom stereocenters. The number of benzene rings is 1. The summed E-state index contributed by atoms with van der Waals surface area (Å²) < 4.78 is 0. The zero-order chi connectivity index (χ0) is 12.5. The van der Waals surface area contributed by atoms with Gasteiger partial charge in [-0.05, 0) is 18.1 Å². The number of aliphatic hydroxyl groups excluding tert-OH is 1. The van der Waals surface area contributed by atoms with E-state index in [4.69, 9.17) is 28.9 Å². The molecule has 1 rings (SSSR count). The lowest BCUT2D eigenvalue weighted by Crippen LogP contribution is -2.30. The molecular weight excluding hydrogens is 284 g/mol. The van der Waals surface area contributed by atoms with Gasteiger partial charge >= 0.3 is 0 Å². The van der Waals surface area contributed by atoms with Gasteiger partial charge in [0, 0.05) is 10.6 Å². The molecule has 0 saturated carbocycles. The maximum Gasteiger partial charge on any atom is 0.123 e. The average Bonchev–Trinajstić information content (AvgIpc) is 2.14. The third-order valence-electron chi connectivity index (χ3n) is 2.46. The number of rotatable bonds is 3. The van der Waals surface area contributed by atoms with E-state index in [1.54, 1.807) is 0 Å². The van der Waals surface area contributed by atoms with E-state index >= 15 is 0 Å². The Morgan fingerprint density at radius 2 is 1.76 bits per heavy atom. The van der Waals surface area contributed by atoms with Gasteiger partial charge in [0.2, 0.25) is 0 Å². The molecule has 0 aromatic heterocycles. The highest BCUT2D eigenvalue weighted by atomic mass is 35.5. The van der Waals surface area contributed by atoms with Gasteiger partial charge in [-0.25, -0.2) is 0 Å². The van der Waals surface area contributed by atoms with Crippen molar-refractivity contribution >= 4 is 35.6 Å². The van der Waals surface area contributed by atoms with E-state index < -0.39 is 12.1 Å². The van der Waals surface area contributed by atoms with E-state index in [0.29, 0.717) is 10.6 Å². The Morgan fingerprint density at radius 3 is 2.18 bits per heavy atom. The fourth-order valence-corrected chi connectivity index (χ4v) is 2.10. The van der Waals surface area contributed by atoms with Gasteiger partial charge in [-0.3, -0.25) is 0 Å². The Bertz CT molecular complexity index is 362. The standard InChI is InChI=1S/C11H15Cl2NO2.ClH/c1-5(2)11(16)10(14)9-7(13)3-6(12)4-8(9)15;/h3-5,10-11,15-16H,14H2,1-2H3;1H/t10-,11+;/m1./s1. The van der Waals surface area contributed by atoms with Crippen LogP contribution in [0, 0.1) is 5.92 Å². The Kier molecular flexibility index (Phi) is 6.59. The highest BCUT2D eigenvalue weighted by Crippen LogP contribution is 2.36. The molecule has 0 aliphatic heterocycles. The van der Waals surface area contributed by atoms with Crippen molar-refractivity contribution in [3.05, 3.63) is 27.7 Å². The number of hydrogen-bond acceptors (Lipinski definition) is 3. The second-order valence-electron chi connectivity index (χ2n) is 4.08. The van der Waals surface area contributed by atoms with Crippen molar-refractivity contribution in [2.75, 3.05) is 0 Å². The summed E-state index contributed by atoms with van der Waals surface area (Å²) in [5, 5.41) is 20.1. The van der Waals surface area contributed by atoms with Crippen molar-refractivity contribution in [3.8, 4) is 5.75 Å². The van der Waals surface area contributed by atoms with Gasteiger partial charge in [0.05, 0.1) is 17.2 Å². The SMILES string of the molecule is CC(C)[C@H](O)[C@H](N)c1c(O)cc(Cl)cc1Cl.Cl. The third-order valence-corrected chi connectivity index (χ3v) is 2.99. The molecule has 0 radical (unpaired) electrons. The van der Waals surface area contributed by atoms with Crippen LogP contribution in [-0.4, -0.2) is 16.3 Å². The summed E-state index contributed by atoms with van der Waals surface area (Å²) in [4.78, 5) is 0. The maximum absolute atomic E-state index is 9.84. The first-order chi connectivity index (χ1) is 7.34. The minimum Gasteiger partial charge on any atom is -0.507 e. The molecule has 6 heteroatoms. The van der Waals surface area contributed by atoms with Gasteiger partial charge in [-0.15, -0.1) is 12.4 Å². The van der Waals surface area contributed by atoms with Gasteiger partial charge in [0.1, 0.15) is 5.75 Å². The molecule has 0 aliphatic carbocycles. The molecule has 4 N–H and O–H groups in total. The van der Waals surface area contributed by atoms with Crippen molar-refractivity contribution in [3.63, 3.8) is 0 Å². The number of nitrogens with two attached hydrogens (primary N) is 1. The molecule has 3 nitrogen and oxygen atoms in total. The second kappa shape index (κ2) is 6.66. The van der Waals surface area contributed by atoms with Crippen molar-refractivity contribution in [1.82, 2.24) is 0 Å². The number of halogens is 3. The van der Waals surface area contributed by atoms with E-state index in [-0.39, 0.29) is 29.1 Å². The first kappa shape index (κ1) is 16.8. The Morgan fingerprint density at radius 1 is 1.24 bits per heavy atom. The van der Waals surface area contributed by atoms with E-state index in [9.17, 15) is 10.2 Å². The molecule has 1 aromatic rings. The predicted molar refractivity (Wildman–Crippen MR) is 73.1 cm³/mol. The summed E-state index contributed by atoms with van der Waals surface area (Å²) in [6.45, 7) is 3.68. The number of phenols is 1. The average molecular weight is 301 g/mol. The first-order valence-corrected chi connectivity index (χ1v) is 5.71. The van der Waals surface area contributed by atoms with Crippen LogP contribution in [0.1, 0.15) is 25.5 Å². The topological polar surface area (TPSA) is 66.5 Å². The highest BCUT2D eigenvalue weighted by molar-refractivity contribution is 6.35. The van der Waals surface area contributed by atoms with E-state index in [1.165, 1.54) is 12.1 Å². The molecule has 0 unspecified atom stereocenters. The van der Waals surface area contributed by atoms with Gasteiger partial charge in [0.15, 0.2) is 0 Å². The fraction of sp³-hybridized carbons (Fsp3) is 0.455. The Hall–Kier alpha value is -0.190. The Labute approximate surface area is 117 Å². The van der Waals surface area contributed by atoms with Crippen LogP contribution in [0.5, 0.6) is 5.75 Å². The van der Waals surface area contributed by atoms with Crippen LogP contribution in [0.2, 0.25) is 10.0 Å². The van der Waals surface area contributed by atoms with Crippen LogP contribution < -0.4 is 5.73 Å². The maximum atomic E-state index is 9.84. The van der Waals surface area contributed by atoms with Crippen molar-refractivity contribution < 1.29 is 10.2 Å². The van der Waals surface area contributed by atoms with E-state index in [0.717, 1.165) is 0 Å². The van der Waals surface area contributed by atoms with E-state index in [1.807, 2.05) is 13.8 Å². The monoisotopic (exact) mass is 299 g/mol. The largest absolute Gasteiger partial charge is 0.507 e. The third kappa shape index (κ3) is 3.90. The van der Waals surface area contributed by atoms with Crippen LogP contribution in [0.25, 0.3) is 0 Å². The summed E-state index contributed by atoms with van der Waals surface area (Å²) in [7, 11) is 0. The lowest BCUT2D eigenvalue weighted by molar-refractivity contribution is 0.0970. The smallest absolute Gasteiger partial charge is 0.123 e. The summed E-state index contributed by atoms with van der Waals surface area (Å²) >= 11 is 11.7. The zero-order valence-electron chi connectivity index (χ0n) is 9.52. The minimum absolute atomic E-state index is 0. The van der Waals surface area contributed by atoms with Crippen molar-refractivity contribution in [1.29, 1.82) is 0 Å². The van der Waals surface area contributed by atoms with Crippen molar-refractivity contribution in [2.24, 2.45) is 11.7 Å². The molecule has 0 aliphatic rings. The van der Waals surface area contributed by atoms with Crippen LogP contribution in [0.4, 0.5) is 0 Å². The summed E-state index contributed by atoms with van der Waals surface area (Å²) in [5.74, 6) is -0.120. The quantitative estimate of drug-likeness (QED) is 0.803. The number of aliphatic hydroxyl groups is 1. The van der Waals surface area contributed by atoms with Crippen molar-refractivity contribution in [2.45, 2.75) is 26.0 Å². The van der Waals surface area contributed by atoms with Crippen LogP contribution in [-0.2, 0) is 0 Å². The first-order valence-electron chi connectivity index (χ1n) is 4.96. The van der Waals surface area contributed by atoms with Crippen LogP contribution in [0.3, 0.4) is 0 Å². The molecule has 0 heterocycles. The second-order valence-corrected chi connectivity index (χ2v) is 4.92. The molecule has 0 fully saturated rings. The summed E-state index contributed by atoms with van der Waals surface area (Å²) in [5.41, 5.74) is 6.18. The van der Waals surface area contributed by atoms with Gasteiger partial charge in [0.25, 0.3) is 0 Å². The lowest BCUT2D eigenvalue weighted by atomic mass is 9.94. The number of hydrogen-bond donors (Lipinski definition) is 3. The van der Waals surface area contributed by atoms with Gasteiger partial charge in [-0.2, -0.15) is 0 Å². The molecule has 98 valence electrons. The molecule has 0 spiro atoms. The normalized spacial score (nSPS) is 14.3. The molecule has 0 amide bonds. The molecular formula is C11H16Cl3NO2. The summed E-state index contributed by atoms with van der Waals surface area (Å²) in [6, 6.07) is 2.12. The summed E-state index contributed by atoms with van der Waals surface area (Å²) in [6.07, 6.45) is -0.774. The lowest BCUT2D eigenvalue weighted by Gasteiger charge is -2.24. The molecule has 1 aromatic carbocycles. The van der Waals surface area contributed by atoms with Gasteiger partial charge in [-0.1, -0.05) is 37.0 Å². The number of aromatic hydroxyl groups is 1. The number of phenolic OH excluding ortho intramolecular Hbond substituents is 1. The Balaban J connectivity index is 0.00000256. The van der Waals surface area contributed by atoms with Gasteiger partial charge < -0.3 is 15.9 Å². The van der Waals surface area contributed by atoms with Crippen LogP contribution in [0.15, 0.2) is 12.1 Å². The minimum atomic E-state index is -0.774. The van der Waals surface area contributed by atoms with E-state index in [2.05, 4.69) is 0 Å². The molecule has 0 saturated heterocycles. The zero-order valence-corrected chi connectivity index (χ0v) is 11.9. The van der Waals surface area contributed by atoms with Crippen LogP contribution >= 0.6 is 35.6 Å².